The molecule has 4 aromatic carbocycles. The van der Waals surface area contributed by atoms with Crippen molar-refractivity contribution < 1.29 is 14.0 Å². The van der Waals surface area contributed by atoms with Gasteiger partial charge in [0.25, 0.3) is 0 Å². The van der Waals surface area contributed by atoms with Crippen LogP contribution in [-0.4, -0.2) is 0 Å². The second-order valence-corrected chi connectivity index (χ2v) is 11.0. The van der Waals surface area contributed by atoms with Crippen molar-refractivity contribution in [3.63, 3.8) is 0 Å². The molecule has 3 nitrogen and oxygen atoms in total. The first-order valence-electron chi connectivity index (χ1n) is 10.8. The number of benzene rings is 4. The molecule has 0 N–H and O–H groups in total. The van der Waals surface area contributed by atoms with E-state index in [0.717, 1.165) is 22.3 Å². The monoisotopic (exact) mass is 440 g/mol. The van der Waals surface area contributed by atoms with Crippen LogP contribution in [0.25, 0.3) is 0 Å². The van der Waals surface area contributed by atoms with Crippen LogP contribution in [0.4, 0.5) is 0 Å². The van der Waals surface area contributed by atoms with Gasteiger partial charge in [0.05, 0.1) is 0 Å². The van der Waals surface area contributed by atoms with Crippen LogP contribution in [0.5, 0.6) is 0 Å². The van der Waals surface area contributed by atoms with E-state index >= 15 is 0 Å². The maximum absolute atomic E-state index is 15.0. The van der Waals surface area contributed by atoms with E-state index in [1.54, 1.807) is 0 Å². The van der Waals surface area contributed by atoms with Gasteiger partial charge >= 0.3 is 0 Å². The van der Waals surface area contributed by atoms with Crippen LogP contribution >= 0.6 is 7.14 Å². The number of hydrogen-bond donors (Lipinski definition) is 0. The fraction of sp³-hybridized carbons (Fsp3) is 0.143. The van der Waals surface area contributed by atoms with E-state index in [-0.39, 0.29) is 0 Å². The van der Waals surface area contributed by atoms with Gasteiger partial charge in [0.15, 0.2) is 13.4 Å². The first kappa shape index (κ1) is 20.9. The van der Waals surface area contributed by atoms with Gasteiger partial charge in [0.2, 0.25) is 0 Å². The highest BCUT2D eigenvalue weighted by Crippen LogP contribution is 2.75. The van der Waals surface area contributed by atoms with Crippen molar-refractivity contribution in [3.8, 4) is 0 Å². The average Bonchev–Trinajstić information content (AvgIpc) is 2.86. The second kappa shape index (κ2) is 9.26. The molecule has 1 aliphatic rings. The molecule has 0 bridgehead atoms. The lowest BCUT2D eigenvalue weighted by Gasteiger charge is -2.43. The normalized spacial score (nSPS) is 25.3. The Morgan fingerprint density at radius 3 is 1.34 bits per heavy atom. The van der Waals surface area contributed by atoms with E-state index in [4.69, 9.17) is 9.47 Å². The topological polar surface area (TPSA) is 35.5 Å². The van der Waals surface area contributed by atoms with Crippen molar-refractivity contribution in [1.29, 1.82) is 0 Å². The maximum atomic E-state index is 15.0. The Bertz CT molecular complexity index is 1130. The van der Waals surface area contributed by atoms with Crippen molar-refractivity contribution in [2.45, 2.75) is 24.1 Å². The molecule has 0 amide bonds. The van der Waals surface area contributed by atoms with Crippen molar-refractivity contribution in [2.24, 2.45) is 0 Å². The van der Waals surface area contributed by atoms with Gasteiger partial charge < -0.3 is 14.0 Å². The van der Waals surface area contributed by atoms with E-state index in [1.807, 2.05) is 121 Å². The summed E-state index contributed by atoms with van der Waals surface area (Å²) in [6.45, 7) is 0. The first-order valence-corrected chi connectivity index (χ1v) is 12.9. The molecule has 4 heteroatoms. The van der Waals surface area contributed by atoms with Crippen molar-refractivity contribution in [2.75, 3.05) is 0 Å². The van der Waals surface area contributed by atoms with E-state index in [0.29, 0.717) is 6.16 Å². The van der Waals surface area contributed by atoms with Crippen LogP contribution in [0.3, 0.4) is 0 Å². The van der Waals surface area contributed by atoms with Crippen molar-refractivity contribution in [3.05, 3.63) is 144 Å². The van der Waals surface area contributed by atoms with Crippen LogP contribution in [0.2, 0.25) is 0 Å². The van der Waals surface area contributed by atoms with Gasteiger partial charge in [-0.2, -0.15) is 0 Å². The van der Waals surface area contributed by atoms with E-state index < -0.39 is 25.1 Å². The lowest BCUT2D eigenvalue weighted by atomic mass is 10.2. The minimum Gasteiger partial charge on any atom is -0.332 e. The van der Waals surface area contributed by atoms with Crippen molar-refractivity contribution >= 4 is 7.14 Å². The summed E-state index contributed by atoms with van der Waals surface area (Å²) in [6.07, 6.45) is -0.210. The molecule has 1 saturated heterocycles. The standard InChI is InChI=1S/C28H25O3P/c29-32(21-22-13-5-1-6-14-22)27(24-17-9-3-10-18-24)30-26(23-15-7-2-8-16-23)31-28(32)25-19-11-4-12-20-25/h1-20,26-28H,21H2. The Kier molecular flexibility index (Phi) is 6.05. The fourth-order valence-electron chi connectivity index (χ4n) is 4.29. The summed E-state index contributed by atoms with van der Waals surface area (Å²) in [5.41, 5.74) is 3.76. The van der Waals surface area contributed by atoms with E-state index in [9.17, 15) is 4.57 Å². The Hall–Kier alpha value is -2.97. The molecule has 1 aliphatic heterocycles. The molecule has 0 aromatic heterocycles. The molecule has 2 unspecified atom stereocenters. The SMILES string of the molecule is O=P1(Cc2ccccc2)C(c2ccccc2)OC(c2ccccc2)OC1c1ccccc1. The Morgan fingerprint density at radius 2 is 0.906 bits per heavy atom. The minimum absolute atomic E-state index is 0.397. The van der Waals surface area contributed by atoms with Gasteiger partial charge in [-0.25, -0.2) is 0 Å². The summed E-state index contributed by atoms with van der Waals surface area (Å²) in [5.74, 6) is -1.15. The molecule has 1 fully saturated rings. The van der Waals surface area contributed by atoms with Crippen LogP contribution in [-0.2, 0) is 20.2 Å². The molecule has 4 aromatic rings. The third-order valence-corrected chi connectivity index (χ3v) is 9.10. The molecule has 160 valence electrons. The maximum Gasteiger partial charge on any atom is 0.186 e. The summed E-state index contributed by atoms with van der Waals surface area (Å²) in [7, 11) is -3.10. The average molecular weight is 440 g/mol. The fourth-order valence-corrected chi connectivity index (χ4v) is 7.64. The summed E-state index contributed by atoms with van der Waals surface area (Å²) in [5, 5.41) is 0. The highest BCUT2D eigenvalue weighted by molar-refractivity contribution is 7.63. The van der Waals surface area contributed by atoms with Gasteiger partial charge in [-0.1, -0.05) is 121 Å². The van der Waals surface area contributed by atoms with Gasteiger partial charge in [0.1, 0.15) is 11.7 Å². The second-order valence-electron chi connectivity index (χ2n) is 8.04. The molecule has 32 heavy (non-hydrogen) atoms. The molecule has 0 aliphatic carbocycles. The smallest absolute Gasteiger partial charge is 0.186 e. The first-order chi connectivity index (χ1) is 15.7. The third-order valence-electron chi connectivity index (χ3n) is 5.81. The zero-order valence-corrected chi connectivity index (χ0v) is 18.6. The summed E-state index contributed by atoms with van der Waals surface area (Å²) in [6, 6.07) is 39.7. The molecular formula is C28H25O3P. The highest BCUT2D eigenvalue weighted by atomic mass is 31.2. The zero-order valence-electron chi connectivity index (χ0n) is 17.7. The molecular weight excluding hydrogens is 415 g/mol. The van der Waals surface area contributed by atoms with Gasteiger partial charge in [-0.05, 0) is 16.7 Å². The Morgan fingerprint density at radius 1 is 0.531 bits per heavy atom. The van der Waals surface area contributed by atoms with Crippen LogP contribution in [0, 0.1) is 0 Å². The largest absolute Gasteiger partial charge is 0.332 e. The Labute approximate surface area is 189 Å². The highest BCUT2D eigenvalue weighted by Gasteiger charge is 2.50. The van der Waals surface area contributed by atoms with Crippen molar-refractivity contribution in [1.82, 2.24) is 0 Å². The number of ether oxygens (including phenoxy) is 2. The van der Waals surface area contributed by atoms with E-state index in [2.05, 4.69) is 0 Å². The number of rotatable bonds is 5. The molecule has 1 heterocycles. The molecule has 0 saturated carbocycles. The predicted molar refractivity (Wildman–Crippen MR) is 127 cm³/mol. The quantitative estimate of drug-likeness (QED) is 0.298. The summed E-state index contributed by atoms with van der Waals surface area (Å²) in [4.78, 5) is 0. The summed E-state index contributed by atoms with van der Waals surface area (Å²) >= 11 is 0. The minimum atomic E-state index is -3.10. The van der Waals surface area contributed by atoms with Gasteiger partial charge in [0, 0.05) is 11.7 Å². The molecule has 0 spiro atoms. The third kappa shape index (κ3) is 4.20. The predicted octanol–water partition coefficient (Wildman–Crippen LogP) is 7.69. The molecule has 5 rings (SSSR count). The zero-order chi connectivity index (χ0) is 21.8. The Balaban J connectivity index is 1.65. The molecule has 0 radical (unpaired) electrons. The lowest BCUT2D eigenvalue weighted by molar-refractivity contribution is -0.190. The van der Waals surface area contributed by atoms with Gasteiger partial charge in [-0.15, -0.1) is 0 Å². The lowest BCUT2D eigenvalue weighted by Crippen LogP contribution is -2.26. The molecule has 2 atom stereocenters. The summed E-state index contributed by atoms with van der Waals surface area (Å²) < 4.78 is 28.0. The van der Waals surface area contributed by atoms with Crippen LogP contribution in [0.1, 0.15) is 40.2 Å². The van der Waals surface area contributed by atoms with Crippen LogP contribution in [0.15, 0.2) is 121 Å². The van der Waals surface area contributed by atoms with Crippen LogP contribution < -0.4 is 0 Å². The van der Waals surface area contributed by atoms with E-state index in [1.165, 1.54) is 0 Å². The number of hydrogen-bond acceptors (Lipinski definition) is 3. The van der Waals surface area contributed by atoms with Gasteiger partial charge in [-0.3, -0.25) is 0 Å².